The van der Waals surface area contributed by atoms with E-state index < -0.39 is 11.9 Å². The molecule has 7 heteroatoms. The number of amides is 1. The monoisotopic (exact) mass is 646 g/mol. The number of nitrogens with zero attached hydrogens (tertiary/aromatic N) is 1. The summed E-state index contributed by atoms with van der Waals surface area (Å²) in [5, 5.41) is 22.0. The van der Waals surface area contributed by atoms with E-state index in [9.17, 15) is 24.6 Å². The number of aliphatic carboxylic acids is 1. The number of benzene rings is 1. The summed E-state index contributed by atoms with van der Waals surface area (Å²) in [6, 6.07) is 7.49. The van der Waals surface area contributed by atoms with Crippen molar-refractivity contribution in [3.8, 4) is 0 Å². The zero-order valence-corrected chi connectivity index (χ0v) is 29.4. The second-order valence-corrected chi connectivity index (χ2v) is 17.0. The van der Waals surface area contributed by atoms with Crippen LogP contribution in [0.4, 0.5) is 0 Å². The number of fused-ring (bicyclic) bond motifs is 7. The maximum Gasteiger partial charge on any atom is 0.335 e. The highest BCUT2D eigenvalue weighted by Gasteiger charge is 2.66. The molecule has 4 unspecified atom stereocenters. The SMILES string of the molecule is CCCN(CCNC(=O)[C@]12CCCC1[C@H]1CCC3[C@@](C)(CCC4C(C)(C)C(c5ccc(C(=O)O)cc5)=CC[C@@]43C)C1CC2)CC(=O)O. The number of carbonyl (C=O) groups is 3. The molecule has 5 aliphatic rings. The number of carboxylic acid groups (broad SMARTS) is 2. The Kier molecular flexibility index (Phi) is 9.21. The molecule has 1 aromatic rings. The van der Waals surface area contributed by atoms with Crippen molar-refractivity contribution in [1.82, 2.24) is 10.2 Å². The molecule has 4 fully saturated rings. The average molecular weight is 647 g/mol. The van der Waals surface area contributed by atoms with Gasteiger partial charge in [-0.1, -0.05) is 59.2 Å². The Morgan fingerprint density at radius 3 is 2.28 bits per heavy atom. The molecule has 1 amide bonds. The van der Waals surface area contributed by atoms with Gasteiger partial charge in [-0.15, -0.1) is 0 Å². The summed E-state index contributed by atoms with van der Waals surface area (Å²) in [5.41, 5.74) is 3.10. The van der Waals surface area contributed by atoms with E-state index in [-0.39, 0.29) is 34.1 Å². The lowest BCUT2D eigenvalue weighted by Gasteiger charge is -2.68. The zero-order chi connectivity index (χ0) is 33.8. The molecule has 1 aromatic carbocycles. The summed E-state index contributed by atoms with van der Waals surface area (Å²) in [5.74, 6) is 1.49. The molecule has 0 radical (unpaired) electrons. The average Bonchev–Trinajstić information content (AvgIpc) is 3.46. The van der Waals surface area contributed by atoms with E-state index in [1.807, 2.05) is 17.0 Å². The molecule has 5 aliphatic carbocycles. The molecule has 258 valence electrons. The smallest absolute Gasteiger partial charge is 0.335 e. The van der Waals surface area contributed by atoms with Crippen LogP contribution in [0.1, 0.15) is 121 Å². The maximum absolute atomic E-state index is 14.0. The largest absolute Gasteiger partial charge is 0.480 e. The van der Waals surface area contributed by atoms with Gasteiger partial charge in [0.1, 0.15) is 0 Å². The third-order valence-corrected chi connectivity index (χ3v) is 14.6. The van der Waals surface area contributed by atoms with E-state index in [4.69, 9.17) is 0 Å². The summed E-state index contributed by atoms with van der Waals surface area (Å²) >= 11 is 0. The van der Waals surface area contributed by atoms with Crippen molar-refractivity contribution >= 4 is 23.4 Å². The number of hydrogen-bond acceptors (Lipinski definition) is 4. The first-order valence-corrected chi connectivity index (χ1v) is 18.5. The minimum absolute atomic E-state index is 0.00163. The van der Waals surface area contributed by atoms with Crippen molar-refractivity contribution in [2.75, 3.05) is 26.2 Å². The highest BCUT2D eigenvalue weighted by atomic mass is 16.4. The van der Waals surface area contributed by atoms with Crippen LogP contribution >= 0.6 is 0 Å². The normalized spacial score (nSPS) is 37.1. The van der Waals surface area contributed by atoms with E-state index in [0.29, 0.717) is 48.2 Å². The molecule has 3 N–H and O–H groups in total. The second kappa shape index (κ2) is 12.7. The molecule has 47 heavy (non-hydrogen) atoms. The van der Waals surface area contributed by atoms with Gasteiger partial charge in [0.15, 0.2) is 0 Å². The third kappa shape index (κ3) is 5.66. The highest BCUT2D eigenvalue weighted by molar-refractivity contribution is 5.88. The Hall–Kier alpha value is -2.67. The fourth-order valence-corrected chi connectivity index (χ4v) is 12.8. The van der Waals surface area contributed by atoms with Crippen molar-refractivity contribution in [3.05, 3.63) is 41.5 Å². The topological polar surface area (TPSA) is 107 Å². The van der Waals surface area contributed by atoms with Crippen LogP contribution in [0.3, 0.4) is 0 Å². The van der Waals surface area contributed by atoms with Crippen molar-refractivity contribution < 1.29 is 24.6 Å². The predicted octanol–water partition coefficient (Wildman–Crippen LogP) is 7.76. The van der Waals surface area contributed by atoms with Gasteiger partial charge in [-0.3, -0.25) is 14.5 Å². The van der Waals surface area contributed by atoms with E-state index in [1.165, 1.54) is 31.3 Å². The minimum Gasteiger partial charge on any atom is -0.480 e. The fourth-order valence-electron chi connectivity index (χ4n) is 12.8. The molecular weight excluding hydrogens is 588 g/mol. The Labute approximate surface area is 282 Å². The fraction of sp³-hybridized carbons (Fsp3) is 0.725. The number of nitrogens with one attached hydrogen (secondary N) is 1. The first-order valence-electron chi connectivity index (χ1n) is 18.5. The summed E-state index contributed by atoms with van der Waals surface area (Å²) in [4.78, 5) is 38.8. The lowest BCUT2D eigenvalue weighted by molar-refractivity contribution is -0.181. The second-order valence-electron chi connectivity index (χ2n) is 17.0. The number of allylic oxidation sites excluding steroid dienone is 2. The number of carbonyl (C=O) groups excluding carboxylic acids is 1. The zero-order valence-electron chi connectivity index (χ0n) is 29.4. The molecule has 0 bridgehead atoms. The standard InChI is InChI=1S/C40H58N2O5/c1-6-23-42(25-34(43)44)24-22-41-36(47)40-18-7-8-31(40)28-13-14-33-38(4,30(28)16-21-40)20-17-32-37(2,3)29(15-19-39(32,33)5)26-9-11-27(12-10-26)35(45)46/h9-12,15,28,30-33H,6-8,13-14,16-25H2,1-5H3,(H,41,47)(H,43,44)(H,45,46)/t28-,30?,31?,32?,33?,38-,39-,40-/m0/s1. The van der Waals surface area contributed by atoms with Gasteiger partial charge in [-0.2, -0.15) is 0 Å². The highest BCUT2D eigenvalue weighted by Crippen LogP contribution is 2.73. The van der Waals surface area contributed by atoms with Gasteiger partial charge in [0, 0.05) is 13.1 Å². The Morgan fingerprint density at radius 2 is 1.60 bits per heavy atom. The first kappa shape index (κ1) is 34.2. The first-order chi connectivity index (χ1) is 22.3. The lowest BCUT2D eigenvalue weighted by atomic mass is 9.36. The van der Waals surface area contributed by atoms with Crippen LogP contribution in [-0.4, -0.2) is 59.1 Å². The Morgan fingerprint density at radius 1 is 0.851 bits per heavy atom. The molecule has 6 rings (SSSR count). The molecule has 8 atom stereocenters. The Balaban J connectivity index is 1.19. The van der Waals surface area contributed by atoms with E-state index in [0.717, 1.165) is 57.1 Å². The molecule has 0 saturated heterocycles. The van der Waals surface area contributed by atoms with Crippen molar-refractivity contribution in [1.29, 1.82) is 0 Å². The molecular formula is C40H58N2O5. The molecule has 0 aliphatic heterocycles. The molecule has 7 nitrogen and oxygen atoms in total. The minimum atomic E-state index is -0.881. The number of hydrogen-bond donors (Lipinski definition) is 3. The summed E-state index contributed by atoms with van der Waals surface area (Å²) in [7, 11) is 0. The van der Waals surface area contributed by atoms with Gasteiger partial charge in [0.2, 0.25) is 5.91 Å². The summed E-state index contributed by atoms with van der Waals surface area (Å²) in [6.07, 6.45) is 14.8. The van der Waals surface area contributed by atoms with Crippen molar-refractivity contribution in [3.63, 3.8) is 0 Å². The number of rotatable bonds is 10. The molecule has 0 aromatic heterocycles. The summed E-state index contributed by atoms with van der Waals surface area (Å²) < 4.78 is 0. The Bertz CT molecular complexity index is 1400. The van der Waals surface area contributed by atoms with Crippen molar-refractivity contribution in [2.45, 2.75) is 105 Å². The van der Waals surface area contributed by atoms with Gasteiger partial charge in [0.05, 0.1) is 17.5 Å². The van der Waals surface area contributed by atoms with E-state index in [1.54, 1.807) is 12.1 Å². The quantitative estimate of drug-likeness (QED) is 0.240. The number of aromatic carboxylic acids is 1. The van der Waals surface area contributed by atoms with E-state index in [2.05, 4.69) is 46.0 Å². The van der Waals surface area contributed by atoms with Crippen LogP contribution in [0.5, 0.6) is 0 Å². The van der Waals surface area contributed by atoms with Gasteiger partial charge < -0.3 is 15.5 Å². The van der Waals surface area contributed by atoms with Crippen LogP contribution in [0, 0.1) is 51.2 Å². The van der Waals surface area contributed by atoms with E-state index >= 15 is 0 Å². The van der Waals surface area contributed by atoms with Crippen LogP contribution in [-0.2, 0) is 9.59 Å². The van der Waals surface area contributed by atoms with Crippen LogP contribution in [0.25, 0.3) is 5.57 Å². The van der Waals surface area contributed by atoms with Crippen LogP contribution in [0.15, 0.2) is 30.3 Å². The molecule has 0 spiro atoms. The lowest BCUT2D eigenvalue weighted by Crippen LogP contribution is -2.62. The molecule has 4 saturated carbocycles. The van der Waals surface area contributed by atoms with Crippen LogP contribution in [0.2, 0.25) is 0 Å². The van der Waals surface area contributed by atoms with Gasteiger partial charge in [-0.25, -0.2) is 4.79 Å². The van der Waals surface area contributed by atoms with Crippen LogP contribution < -0.4 is 5.32 Å². The molecule has 0 heterocycles. The van der Waals surface area contributed by atoms with Gasteiger partial charge in [0.25, 0.3) is 0 Å². The maximum atomic E-state index is 14.0. The van der Waals surface area contributed by atoms with Gasteiger partial charge >= 0.3 is 11.9 Å². The van der Waals surface area contributed by atoms with Gasteiger partial charge in [-0.05, 0) is 140 Å². The number of carboxylic acids is 2. The summed E-state index contributed by atoms with van der Waals surface area (Å²) in [6.45, 7) is 14.0. The van der Waals surface area contributed by atoms with Crippen molar-refractivity contribution in [2.24, 2.45) is 51.2 Å². The third-order valence-electron chi connectivity index (χ3n) is 14.6. The predicted molar refractivity (Wildman–Crippen MR) is 185 cm³/mol.